The molecule has 1 N–H and O–H groups in total. The summed E-state index contributed by atoms with van der Waals surface area (Å²) in [4.78, 5) is 13.2. The minimum absolute atomic E-state index is 0.126. The fourth-order valence-corrected chi connectivity index (χ4v) is 5.88. The second kappa shape index (κ2) is 11.8. The van der Waals surface area contributed by atoms with Crippen LogP contribution in [-0.4, -0.2) is 61.2 Å². The van der Waals surface area contributed by atoms with Gasteiger partial charge >= 0.3 is 6.01 Å². The Labute approximate surface area is 222 Å². The maximum Gasteiger partial charge on any atom is 0.322 e. The van der Waals surface area contributed by atoms with E-state index in [-0.39, 0.29) is 23.3 Å². The number of carbonyl (C=O) groups excluding carboxylic acids is 1. The minimum Gasteiger partial charge on any atom is -0.490 e. The third-order valence-electron chi connectivity index (χ3n) is 5.95. The van der Waals surface area contributed by atoms with E-state index >= 15 is 0 Å². The van der Waals surface area contributed by atoms with Gasteiger partial charge in [-0.05, 0) is 64.8 Å². The maximum atomic E-state index is 13.2. The molecule has 4 rings (SSSR count). The first-order valence-corrected chi connectivity index (χ1v) is 14.0. The number of benzene rings is 2. The van der Waals surface area contributed by atoms with E-state index in [0.717, 1.165) is 5.56 Å². The number of aromatic nitrogens is 2. The molecule has 1 aliphatic heterocycles. The van der Waals surface area contributed by atoms with Gasteiger partial charge in [0, 0.05) is 12.1 Å². The summed E-state index contributed by atoms with van der Waals surface area (Å²) >= 11 is 0. The van der Waals surface area contributed by atoms with Gasteiger partial charge in [-0.15, -0.1) is 5.10 Å². The van der Waals surface area contributed by atoms with Crippen LogP contribution in [0.3, 0.4) is 0 Å². The van der Waals surface area contributed by atoms with E-state index in [0.29, 0.717) is 55.5 Å². The van der Waals surface area contributed by atoms with E-state index in [4.69, 9.17) is 18.6 Å². The monoisotopic (exact) mass is 544 g/mol. The fraction of sp³-hybridized carbons (Fsp3) is 0.423. The molecule has 0 spiro atoms. The first kappa shape index (κ1) is 27.4. The molecule has 0 radical (unpaired) electrons. The van der Waals surface area contributed by atoms with Gasteiger partial charge in [-0.1, -0.05) is 22.8 Å². The number of rotatable bonds is 11. The summed E-state index contributed by atoms with van der Waals surface area (Å²) in [7, 11) is -3.84. The van der Waals surface area contributed by atoms with Crippen molar-refractivity contribution < 1.29 is 31.8 Å². The van der Waals surface area contributed by atoms with Gasteiger partial charge in [-0.25, -0.2) is 8.42 Å². The first-order chi connectivity index (χ1) is 18.3. The molecule has 2 heterocycles. The van der Waals surface area contributed by atoms with Crippen LogP contribution in [-0.2, 0) is 14.8 Å². The molecule has 204 valence electrons. The topological polar surface area (TPSA) is 133 Å². The van der Waals surface area contributed by atoms with Gasteiger partial charge in [0.25, 0.3) is 0 Å². The maximum absolute atomic E-state index is 13.2. The van der Waals surface area contributed by atoms with E-state index in [1.807, 2.05) is 27.7 Å². The predicted molar refractivity (Wildman–Crippen MR) is 140 cm³/mol. The van der Waals surface area contributed by atoms with Gasteiger partial charge < -0.3 is 18.6 Å². The van der Waals surface area contributed by atoms with Crippen LogP contribution >= 0.6 is 0 Å². The summed E-state index contributed by atoms with van der Waals surface area (Å²) in [6.45, 7) is 8.94. The molecule has 1 fully saturated rings. The van der Waals surface area contributed by atoms with Crippen molar-refractivity contribution in [3.63, 3.8) is 0 Å². The summed E-state index contributed by atoms with van der Waals surface area (Å²) in [6, 6.07) is 8.91. The molecule has 12 heteroatoms. The van der Waals surface area contributed by atoms with E-state index in [1.165, 1.54) is 4.31 Å². The van der Waals surface area contributed by atoms with Gasteiger partial charge in [-0.2, -0.15) is 4.31 Å². The number of amides is 1. The molecule has 38 heavy (non-hydrogen) atoms. The zero-order chi connectivity index (χ0) is 27.3. The number of sulfonamides is 1. The second-order valence-electron chi connectivity index (χ2n) is 8.59. The smallest absolute Gasteiger partial charge is 0.322 e. The van der Waals surface area contributed by atoms with Crippen LogP contribution in [0.1, 0.15) is 39.2 Å². The summed E-state index contributed by atoms with van der Waals surface area (Å²) in [6.07, 6.45) is 0.942. The largest absolute Gasteiger partial charge is 0.490 e. The minimum atomic E-state index is -3.84. The Balaban J connectivity index is 1.55. The number of ether oxygens (including phenoxy) is 3. The SMILES string of the molecule is CCOc1cc(-c2nnc(NC(=O)C3CCCN3S(=O)(=O)c3ccc(C)cc3)o2)cc(OCC)c1OCC. The number of anilines is 1. The highest BCUT2D eigenvalue weighted by atomic mass is 32.2. The Morgan fingerprint density at radius 3 is 2.26 bits per heavy atom. The summed E-state index contributed by atoms with van der Waals surface area (Å²) in [5.74, 6) is 0.985. The third kappa shape index (κ3) is 5.76. The number of nitrogens with one attached hydrogen (secondary N) is 1. The average Bonchev–Trinajstić information content (AvgIpc) is 3.57. The van der Waals surface area contributed by atoms with Gasteiger partial charge in [-0.3, -0.25) is 10.1 Å². The fourth-order valence-electron chi connectivity index (χ4n) is 4.23. The molecule has 1 unspecified atom stereocenters. The number of hydrogen-bond acceptors (Lipinski definition) is 9. The number of aryl methyl sites for hydroxylation is 1. The van der Waals surface area contributed by atoms with Crippen LogP contribution in [0.4, 0.5) is 6.01 Å². The number of hydrogen-bond donors (Lipinski definition) is 1. The highest BCUT2D eigenvalue weighted by Crippen LogP contribution is 2.42. The van der Waals surface area contributed by atoms with Crippen molar-refractivity contribution in [1.82, 2.24) is 14.5 Å². The Morgan fingerprint density at radius 1 is 1.03 bits per heavy atom. The van der Waals surface area contributed by atoms with Crippen molar-refractivity contribution in [2.24, 2.45) is 0 Å². The molecule has 0 saturated carbocycles. The molecule has 1 saturated heterocycles. The van der Waals surface area contributed by atoms with Crippen LogP contribution in [0, 0.1) is 6.92 Å². The van der Waals surface area contributed by atoms with Crippen LogP contribution in [0.25, 0.3) is 11.5 Å². The highest BCUT2D eigenvalue weighted by Gasteiger charge is 2.40. The molecule has 2 aromatic carbocycles. The van der Waals surface area contributed by atoms with Crippen molar-refractivity contribution in [2.75, 3.05) is 31.7 Å². The summed E-state index contributed by atoms with van der Waals surface area (Å²) in [5.41, 5.74) is 1.46. The van der Waals surface area contributed by atoms with Gasteiger partial charge in [0.05, 0.1) is 24.7 Å². The Bertz CT molecular complexity index is 1350. The quantitative estimate of drug-likeness (QED) is 0.380. The van der Waals surface area contributed by atoms with Crippen molar-refractivity contribution in [3.05, 3.63) is 42.0 Å². The molecule has 1 amide bonds. The van der Waals surface area contributed by atoms with Crippen molar-refractivity contribution in [2.45, 2.75) is 51.5 Å². The van der Waals surface area contributed by atoms with Gasteiger partial charge in [0.2, 0.25) is 27.6 Å². The molecule has 0 bridgehead atoms. The van der Waals surface area contributed by atoms with E-state index in [2.05, 4.69) is 15.5 Å². The Morgan fingerprint density at radius 2 is 1.66 bits per heavy atom. The van der Waals surface area contributed by atoms with E-state index in [1.54, 1.807) is 36.4 Å². The van der Waals surface area contributed by atoms with Crippen molar-refractivity contribution in [1.29, 1.82) is 0 Å². The molecule has 1 atom stereocenters. The van der Waals surface area contributed by atoms with Crippen LogP contribution in [0.15, 0.2) is 45.7 Å². The van der Waals surface area contributed by atoms with Gasteiger partial charge in [0.1, 0.15) is 6.04 Å². The standard InChI is InChI=1S/C26H32N4O7S/c1-5-34-21-15-18(16-22(35-6-2)23(21)36-7-3)25-28-29-26(37-25)27-24(31)20-9-8-14-30(20)38(32,33)19-12-10-17(4)11-13-19/h10-13,15-16,20H,5-9,14H2,1-4H3,(H,27,29,31). The molecular weight excluding hydrogens is 512 g/mol. The lowest BCUT2D eigenvalue weighted by atomic mass is 10.2. The van der Waals surface area contributed by atoms with E-state index < -0.39 is 22.0 Å². The lowest BCUT2D eigenvalue weighted by molar-refractivity contribution is -0.119. The molecule has 11 nitrogen and oxygen atoms in total. The molecule has 3 aromatic rings. The van der Waals surface area contributed by atoms with Crippen molar-refractivity contribution >= 4 is 21.9 Å². The lowest BCUT2D eigenvalue weighted by Crippen LogP contribution is -2.43. The van der Waals surface area contributed by atoms with Crippen molar-refractivity contribution in [3.8, 4) is 28.7 Å². The summed E-state index contributed by atoms with van der Waals surface area (Å²) in [5, 5.41) is 10.6. The van der Waals surface area contributed by atoms with Crippen LogP contribution in [0.5, 0.6) is 17.2 Å². The van der Waals surface area contributed by atoms with E-state index in [9.17, 15) is 13.2 Å². The first-order valence-electron chi connectivity index (χ1n) is 12.6. The third-order valence-corrected chi connectivity index (χ3v) is 7.87. The lowest BCUT2D eigenvalue weighted by Gasteiger charge is -2.22. The highest BCUT2D eigenvalue weighted by molar-refractivity contribution is 7.89. The molecule has 0 aliphatic carbocycles. The molecule has 1 aliphatic rings. The van der Waals surface area contributed by atoms with Crippen LogP contribution in [0.2, 0.25) is 0 Å². The Hall–Kier alpha value is -3.64. The molecule has 1 aromatic heterocycles. The normalized spacial score (nSPS) is 15.8. The average molecular weight is 545 g/mol. The van der Waals surface area contributed by atoms with Gasteiger partial charge in [0.15, 0.2) is 11.5 Å². The van der Waals surface area contributed by atoms with Crippen LogP contribution < -0.4 is 19.5 Å². The number of nitrogens with zero attached hydrogens (tertiary/aromatic N) is 3. The zero-order valence-electron chi connectivity index (χ0n) is 21.9. The summed E-state index contributed by atoms with van der Waals surface area (Å²) < 4.78 is 50.5. The number of carbonyl (C=O) groups is 1. The Kier molecular flexibility index (Phi) is 8.52. The predicted octanol–water partition coefficient (Wildman–Crippen LogP) is 4.03. The molecular formula is C26H32N4O7S. The second-order valence-corrected chi connectivity index (χ2v) is 10.5. The zero-order valence-corrected chi connectivity index (χ0v) is 22.7.